The first-order valence-corrected chi connectivity index (χ1v) is 12.1. The number of rotatable bonds is 13. The number of benzene rings is 2. The van der Waals surface area contributed by atoms with E-state index in [0.717, 1.165) is 31.3 Å². The first kappa shape index (κ1) is 24.6. The number of diazo groups is 1. The summed E-state index contributed by atoms with van der Waals surface area (Å²) in [5, 5.41) is 9.17. The van der Waals surface area contributed by atoms with Crippen molar-refractivity contribution in [3.8, 4) is 0 Å². The molecule has 0 bridgehead atoms. The van der Waals surface area contributed by atoms with Crippen LogP contribution in [0.3, 0.4) is 0 Å². The van der Waals surface area contributed by atoms with Gasteiger partial charge in [-0.25, -0.2) is 0 Å². The molecule has 2 nitrogen and oxygen atoms in total. The van der Waals surface area contributed by atoms with Crippen LogP contribution in [0.15, 0.2) is 60.2 Å². The molecule has 0 aliphatic rings. The van der Waals surface area contributed by atoms with Crippen molar-refractivity contribution in [2.75, 3.05) is 0 Å². The van der Waals surface area contributed by atoms with Crippen molar-refractivity contribution in [1.29, 1.82) is 5.39 Å². The van der Waals surface area contributed by atoms with Gasteiger partial charge in [0.05, 0.1) is 4.98 Å². The highest BCUT2D eigenvalue weighted by atomic mass is 14.8. The summed E-state index contributed by atoms with van der Waals surface area (Å²) in [5.74, 6) is 0. The Kier molecular flexibility index (Phi) is 11.4. The van der Waals surface area contributed by atoms with Crippen molar-refractivity contribution in [3.63, 3.8) is 0 Å². The van der Waals surface area contributed by atoms with E-state index in [9.17, 15) is 5.39 Å². The Balaban J connectivity index is 2.44. The molecular weight excluding hydrogens is 376 g/mol. The van der Waals surface area contributed by atoms with Gasteiger partial charge in [0.2, 0.25) is 0 Å². The van der Waals surface area contributed by atoms with E-state index < -0.39 is 0 Å². The molecule has 0 atom stereocenters. The topological polar surface area (TPSA) is 28.1 Å². The van der Waals surface area contributed by atoms with E-state index in [1.807, 2.05) is 0 Å². The summed E-state index contributed by atoms with van der Waals surface area (Å²) >= 11 is 0. The van der Waals surface area contributed by atoms with E-state index in [-0.39, 0.29) is 0 Å². The van der Waals surface area contributed by atoms with Gasteiger partial charge in [0.1, 0.15) is 0 Å². The molecule has 164 valence electrons. The Morgan fingerprint density at radius 1 is 0.806 bits per heavy atom. The second-order valence-electron chi connectivity index (χ2n) is 8.36. The maximum Gasteiger partial charge on any atom is 0.256 e. The van der Waals surface area contributed by atoms with Gasteiger partial charge >= 0.3 is 0 Å². The van der Waals surface area contributed by atoms with Crippen molar-refractivity contribution in [1.82, 2.24) is 0 Å². The third-order valence-electron chi connectivity index (χ3n) is 5.70. The van der Waals surface area contributed by atoms with Crippen LogP contribution >= 0.6 is 0 Å². The number of aryl methyl sites for hydroxylation is 2. The largest absolute Gasteiger partial charge is 0.256 e. The lowest BCUT2D eigenvalue weighted by atomic mass is 9.92. The molecule has 2 rings (SSSR count). The Morgan fingerprint density at radius 2 is 1.48 bits per heavy atom. The van der Waals surface area contributed by atoms with Gasteiger partial charge in [0.25, 0.3) is 6.20 Å². The van der Waals surface area contributed by atoms with Crippen molar-refractivity contribution < 1.29 is 0 Å². The van der Waals surface area contributed by atoms with Gasteiger partial charge in [0, 0.05) is 0 Å². The van der Waals surface area contributed by atoms with E-state index in [1.165, 1.54) is 66.4 Å². The molecule has 0 unspecified atom stereocenters. The van der Waals surface area contributed by atoms with Gasteiger partial charge in [-0.3, -0.25) is 0 Å². The van der Waals surface area contributed by atoms with Gasteiger partial charge in [0.15, 0.2) is 5.39 Å². The SMILES string of the molecule is CCCCCC(=[C-][N+]#N)C=C(c1ccc(CCCC)cc1)c1cccc(CCCC)c1. The molecule has 2 heteroatoms. The molecule has 2 aromatic rings. The first-order valence-electron chi connectivity index (χ1n) is 12.1. The lowest BCUT2D eigenvalue weighted by Crippen LogP contribution is -1.94. The monoisotopic (exact) mass is 414 g/mol. The number of nitrogens with zero attached hydrogens (tertiary/aromatic N) is 2. The molecule has 0 fully saturated rings. The van der Waals surface area contributed by atoms with Crippen LogP contribution in [-0.2, 0) is 12.8 Å². The van der Waals surface area contributed by atoms with Crippen LogP contribution < -0.4 is 0 Å². The van der Waals surface area contributed by atoms with Crippen LogP contribution in [0.1, 0.15) is 94.4 Å². The molecule has 0 aliphatic carbocycles. The molecule has 0 aliphatic heterocycles. The standard InChI is InChI=1S/C29H38N2/c1-4-7-10-14-26(23-31-30)22-29(27-19-17-24(18-20-27)12-8-5-2)28-16-11-15-25(21-28)13-9-6-3/h11,15-22H,4-10,12-14H2,1-3H3. The fourth-order valence-electron chi connectivity index (χ4n) is 3.80. The average molecular weight is 415 g/mol. The number of hydrogen-bond donors (Lipinski definition) is 0. The number of allylic oxidation sites excluding steroid dienone is 2. The summed E-state index contributed by atoms with van der Waals surface area (Å²) in [5.41, 5.74) is 7.28. The van der Waals surface area contributed by atoms with Crippen molar-refractivity contribution in [2.45, 2.75) is 85.0 Å². The maximum atomic E-state index is 9.17. The molecule has 0 N–H and O–H groups in total. The van der Waals surface area contributed by atoms with Gasteiger partial charge < -0.3 is 0 Å². The van der Waals surface area contributed by atoms with Crippen LogP contribution in [0.25, 0.3) is 10.5 Å². The molecule has 31 heavy (non-hydrogen) atoms. The van der Waals surface area contributed by atoms with Crippen LogP contribution in [0, 0.1) is 11.6 Å². The Labute approximate surface area is 189 Å². The second-order valence-corrected chi connectivity index (χ2v) is 8.36. The Morgan fingerprint density at radius 3 is 2.13 bits per heavy atom. The predicted octanol–water partition coefficient (Wildman–Crippen LogP) is 8.92. The first-order chi connectivity index (χ1) is 15.2. The highest BCUT2D eigenvalue weighted by Crippen LogP contribution is 2.28. The predicted molar refractivity (Wildman–Crippen MR) is 133 cm³/mol. The van der Waals surface area contributed by atoms with E-state index >= 15 is 0 Å². The number of hydrogen-bond acceptors (Lipinski definition) is 1. The summed E-state index contributed by atoms with van der Waals surface area (Å²) in [4.78, 5) is 3.23. The van der Waals surface area contributed by atoms with Crippen molar-refractivity contribution in [3.05, 3.63) is 93.6 Å². The fourth-order valence-corrected chi connectivity index (χ4v) is 3.80. The lowest BCUT2D eigenvalue weighted by Gasteiger charge is -2.17. The summed E-state index contributed by atoms with van der Waals surface area (Å²) in [6, 6.07) is 17.8. The molecule has 0 heterocycles. The highest BCUT2D eigenvalue weighted by molar-refractivity contribution is 5.81. The zero-order chi connectivity index (χ0) is 22.3. The van der Waals surface area contributed by atoms with Gasteiger partial charge in [-0.15, -0.1) is 5.57 Å². The Bertz CT molecular complexity index is 882. The summed E-state index contributed by atoms with van der Waals surface area (Å²) in [7, 11) is 0. The van der Waals surface area contributed by atoms with E-state index in [2.05, 4.69) is 86.6 Å². The smallest absolute Gasteiger partial charge is 0.192 e. The van der Waals surface area contributed by atoms with Crippen molar-refractivity contribution in [2.24, 2.45) is 0 Å². The lowest BCUT2D eigenvalue weighted by molar-refractivity contribution is 0.718. The fraction of sp³-hybridized carbons (Fsp3) is 0.448. The minimum Gasteiger partial charge on any atom is -0.192 e. The quantitative estimate of drug-likeness (QED) is 0.139. The average Bonchev–Trinajstić information content (AvgIpc) is 2.80. The van der Waals surface area contributed by atoms with E-state index in [1.54, 1.807) is 0 Å². The summed E-state index contributed by atoms with van der Waals surface area (Å²) in [6.07, 6.45) is 16.3. The van der Waals surface area contributed by atoms with Crippen LogP contribution in [0.2, 0.25) is 0 Å². The summed E-state index contributed by atoms with van der Waals surface area (Å²) in [6.45, 7) is 6.67. The van der Waals surface area contributed by atoms with Gasteiger partial charge in [-0.2, -0.15) is 6.08 Å². The molecule has 2 aromatic carbocycles. The third kappa shape index (κ3) is 8.54. The van der Waals surface area contributed by atoms with Gasteiger partial charge in [-0.05, 0) is 47.9 Å². The molecule has 0 saturated carbocycles. The third-order valence-corrected chi connectivity index (χ3v) is 5.70. The second kappa shape index (κ2) is 14.4. The van der Waals surface area contributed by atoms with E-state index in [4.69, 9.17) is 0 Å². The van der Waals surface area contributed by atoms with Crippen LogP contribution in [-0.4, -0.2) is 0 Å². The van der Waals surface area contributed by atoms with E-state index in [0.29, 0.717) is 0 Å². The molecule has 0 radical (unpaired) electrons. The molecule has 0 amide bonds. The van der Waals surface area contributed by atoms with Gasteiger partial charge in [-0.1, -0.05) is 113 Å². The zero-order valence-corrected chi connectivity index (χ0v) is 19.7. The summed E-state index contributed by atoms with van der Waals surface area (Å²) < 4.78 is 0. The normalized spacial score (nSPS) is 12.1. The van der Waals surface area contributed by atoms with Crippen LogP contribution in [0.4, 0.5) is 0 Å². The zero-order valence-electron chi connectivity index (χ0n) is 19.7. The maximum absolute atomic E-state index is 9.17. The molecule has 0 saturated heterocycles. The Hall–Kier alpha value is -2.66. The minimum absolute atomic E-state index is 0.867. The molecule has 0 spiro atoms. The van der Waals surface area contributed by atoms with Crippen LogP contribution in [0.5, 0.6) is 0 Å². The highest BCUT2D eigenvalue weighted by Gasteiger charge is 2.05. The molecular formula is C29H38N2. The minimum atomic E-state index is 0.867. The van der Waals surface area contributed by atoms with Crippen molar-refractivity contribution >= 4 is 5.57 Å². The number of unbranched alkanes of at least 4 members (excludes halogenated alkanes) is 4. The molecule has 0 aromatic heterocycles.